The van der Waals surface area contributed by atoms with Crippen LogP contribution in [0.2, 0.25) is 0 Å². The quantitative estimate of drug-likeness (QED) is 0.257. The molecule has 18 atom stereocenters. The van der Waals surface area contributed by atoms with Crippen molar-refractivity contribution in [2.45, 2.75) is 142 Å². The Morgan fingerprint density at radius 2 is 1.65 bits per heavy atom. The van der Waals surface area contributed by atoms with Gasteiger partial charge in [-0.1, -0.05) is 34.6 Å². The minimum absolute atomic E-state index is 0.00965. The van der Waals surface area contributed by atoms with E-state index in [1.54, 1.807) is 6.92 Å². The fourth-order valence-electron chi connectivity index (χ4n) is 13.3. The number of aliphatic hydroxyl groups is 1. The summed E-state index contributed by atoms with van der Waals surface area (Å²) in [6, 6.07) is 0. The fourth-order valence-corrected chi connectivity index (χ4v) is 13.3. The van der Waals surface area contributed by atoms with Gasteiger partial charge in [0.2, 0.25) is 5.60 Å². The van der Waals surface area contributed by atoms with Gasteiger partial charge in [-0.05, 0) is 74.5 Å². The van der Waals surface area contributed by atoms with Gasteiger partial charge < -0.3 is 33.5 Å². The van der Waals surface area contributed by atoms with Crippen LogP contribution in [0.4, 0.5) is 0 Å². The topological polar surface area (TPSA) is 150 Å². The van der Waals surface area contributed by atoms with Crippen LogP contribution in [-0.2, 0) is 47.6 Å². The van der Waals surface area contributed by atoms with Crippen molar-refractivity contribution in [3.05, 3.63) is 0 Å². The summed E-state index contributed by atoms with van der Waals surface area (Å²) >= 11 is 0. The minimum atomic E-state index is -1.74. The van der Waals surface area contributed by atoms with E-state index in [9.17, 15) is 24.3 Å². The number of epoxide rings is 2. The molecular weight excluding hydrogens is 620 g/mol. The van der Waals surface area contributed by atoms with Crippen LogP contribution in [0.5, 0.6) is 0 Å². The second-order valence-electron chi connectivity index (χ2n) is 18.0. The third-order valence-electron chi connectivity index (χ3n) is 15.4. The molecule has 1 spiro atoms. The van der Waals surface area contributed by atoms with Crippen molar-refractivity contribution in [1.29, 1.82) is 0 Å². The normalized spacial score (nSPS) is 56.6. The smallest absolute Gasteiger partial charge is 0.353 e. The van der Waals surface area contributed by atoms with Gasteiger partial charge in [0, 0.05) is 43.4 Å². The maximum atomic E-state index is 14.0. The molecule has 3 saturated heterocycles. The summed E-state index contributed by atoms with van der Waals surface area (Å²) in [5, 5.41) is 13.1. The number of hydrogen-bond donors (Lipinski definition) is 1. The van der Waals surface area contributed by atoms with E-state index >= 15 is 0 Å². The number of carbonyl (C=O) groups excluding carboxylic acids is 4. The van der Waals surface area contributed by atoms with Crippen LogP contribution >= 0.6 is 0 Å². The summed E-state index contributed by atoms with van der Waals surface area (Å²) in [5.41, 5.74) is -3.97. The lowest BCUT2D eigenvalue weighted by Crippen LogP contribution is -2.65. The van der Waals surface area contributed by atoms with E-state index in [1.165, 1.54) is 13.8 Å². The lowest BCUT2D eigenvalue weighted by Gasteiger charge is -2.63. The van der Waals surface area contributed by atoms with Crippen molar-refractivity contribution in [2.24, 2.45) is 63.6 Å². The molecular formula is C37H52O11. The Kier molecular flexibility index (Phi) is 6.84. The molecule has 11 heteroatoms. The average Bonchev–Trinajstić information content (AvgIpc) is 3.86. The van der Waals surface area contributed by atoms with E-state index in [0.29, 0.717) is 12.8 Å². The number of carbonyl (C=O) groups is 4. The van der Waals surface area contributed by atoms with Crippen LogP contribution in [0.3, 0.4) is 0 Å². The zero-order chi connectivity index (χ0) is 34.7. The molecule has 48 heavy (non-hydrogen) atoms. The van der Waals surface area contributed by atoms with Crippen molar-refractivity contribution in [2.75, 3.05) is 0 Å². The number of rotatable bonds is 5. The first-order valence-corrected chi connectivity index (χ1v) is 18.2. The van der Waals surface area contributed by atoms with Crippen molar-refractivity contribution < 1.29 is 52.7 Å². The molecule has 0 amide bonds. The first kappa shape index (κ1) is 32.9. The van der Waals surface area contributed by atoms with Gasteiger partial charge in [-0.3, -0.25) is 14.4 Å². The second-order valence-corrected chi connectivity index (χ2v) is 18.0. The Morgan fingerprint density at radius 1 is 0.958 bits per heavy atom. The van der Waals surface area contributed by atoms with Crippen LogP contribution in [0.1, 0.15) is 94.4 Å². The van der Waals surface area contributed by atoms with Crippen molar-refractivity contribution in [1.82, 2.24) is 0 Å². The van der Waals surface area contributed by atoms with Crippen LogP contribution in [0, 0.1) is 63.6 Å². The van der Waals surface area contributed by atoms with Crippen molar-refractivity contribution >= 4 is 23.9 Å². The van der Waals surface area contributed by atoms with Crippen LogP contribution < -0.4 is 0 Å². The molecule has 2 unspecified atom stereocenters. The first-order chi connectivity index (χ1) is 22.3. The van der Waals surface area contributed by atoms with Gasteiger partial charge in [0.15, 0.2) is 0 Å². The molecule has 8 aliphatic rings. The molecule has 0 aromatic carbocycles. The van der Waals surface area contributed by atoms with Gasteiger partial charge in [0.1, 0.15) is 18.3 Å². The van der Waals surface area contributed by atoms with E-state index < -0.39 is 76.4 Å². The van der Waals surface area contributed by atoms with Gasteiger partial charge in [0.25, 0.3) is 5.79 Å². The lowest BCUT2D eigenvalue weighted by atomic mass is 9.42. The number of ether oxygens (including phenoxy) is 6. The van der Waals surface area contributed by atoms with Crippen LogP contribution in [0.15, 0.2) is 0 Å². The van der Waals surface area contributed by atoms with Crippen molar-refractivity contribution in [3.8, 4) is 0 Å². The summed E-state index contributed by atoms with van der Waals surface area (Å²) in [4.78, 5) is 52.9. The van der Waals surface area contributed by atoms with Crippen LogP contribution in [0.25, 0.3) is 0 Å². The highest BCUT2D eigenvalue weighted by Gasteiger charge is 2.93. The van der Waals surface area contributed by atoms with Gasteiger partial charge in [-0.2, -0.15) is 0 Å². The maximum absolute atomic E-state index is 14.0. The molecule has 11 nitrogen and oxygen atoms in total. The summed E-state index contributed by atoms with van der Waals surface area (Å²) in [7, 11) is 0. The maximum Gasteiger partial charge on any atom is 0.353 e. The highest BCUT2D eigenvalue weighted by molar-refractivity contribution is 5.88. The summed E-state index contributed by atoms with van der Waals surface area (Å²) in [5.74, 6) is -4.90. The van der Waals surface area contributed by atoms with Gasteiger partial charge in [-0.15, -0.1) is 0 Å². The predicted molar refractivity (Wildman–Crippen MR) is 166 cm³/mol. The number of hydrogen-bond acceptors (Lipinski definition) is 11. The average molecular weight is 673 g/mol. The standard InChI is InChI=1S/C37H52O11/c1-15(2)10-25(40)46-36(9)32(42)48-37-31(47-37)16(3)27-29(35(36,37)8)30(41)28-26-20(13-24(34(27,28)7)44-18(5)39)33(6)14-23-21(45-23)11-19(33)12-22(26)43-17(4)38/h15-16,19-24,26-31,41H,10-14H2,1-9H3/t16-,19+,20?,21-,22-,23+,24-,26?,27-,28+,29-,30+,31+,33-,34+,35-,36+,37-/m0/s1. The zero-order valence-corrected chi connectivity index (χ0v) is 29.6. The van der Waals surface area contributed by atoms with Gasteiger partial charge in [0.05, 0.1) is 23.7 Å². The Balaban J connectivity index is 1.29. The van der Waals surface area contributed by atoms with E-state index in [0.717, 1.165) is 12.8 Å². The highest BCUT2D eigenvalue weighted by atomic mass is 16.8. The molecule has 8 fully saturated rings. The monoisotopic (exact) mass is 672 g/mol. The third-order valence-corrected chi connectivity index (χ3v) is 15.4. The predicted octanol–water partition coefficient (Wildman–Crippen LogP) is 3.96. The lowest BCUT2D eigenvalue weighted by molar-refractivity contribution is -0.226. The molecule has 0 radical (unpaired) electrons. The van der Waals surface area contributed by atoms with Gasteiger partial charge in [-0.25, -0.2) is 4.79 Å². The van der Waals surface area contributed by atoms with Crippen LogP contribution in [-0.4, -0.2) is 77.0 Å². The third kappa shape index (κ3) is 3.87. The van der Waals surface area contributed by atoms with Gasteiger partial charge >= 0.3 is 23.9 Å². The van der Waals surface area contributed by atoms with E-state index in [-0.39, 0.29) is 65.5 Å². The first-order valence-electron chi connectivity index (χ1n) is 18.2. The SMILES string of the molecule is CC(=O)O[C@H]1C[C@H]2C[C@@H]3O[C@@H]3C[C@]2(C)C2C[C@H](OC(C)=O)[C@]3(C)[C@H]4[C@H](C)[C@H]5O[C@]56OC(=O)[C@@](C)(OC(=O)CC(C)C)[C@]6(C)[C@@H]4[C@H](O)[C@H]3C21. The highest BCUT2D eigenvalue weighted by Crippen LogP contribution is 2.81. The minimum Gasteiger partial charge on any atom is -0.462 e. The number of fused-ring (bicyclic) bond motifs is 9. The van der Waals surface area contributed by atoms with E-state index in [2.05, 4.69) is 20.8 Å². The molecule has 3 aliphatic heterocycles. The number of esters is 4. The Hall–Kier alpha value is -2.24. The molecule has 0 aromatic heterocycles. The Bertz CT molecular complexity index is 1460. The van der Waals surface area contributed by atoms with Crippen molar-refractivity contribution in [3.63, 3.8) is 0 Å². The fraction of sp³-hybridized carbons (Fsp3) is 0.892. The Morgan fingerprint density at radius 3 is 2.29 bits per heavy atom. The Labute approximate surface area is 282 Å². The molecule has 5 aliphatic carbocycles. The molecule has 3 heterocycles. The largest absolute Gasteiger partial charge is 0.462 e. The van der Waals surface area contributed by atoms with E-state index in [4.69, 9.17) is 28.4 Å². The molecule has 0 bridgehead atoms. The summed E-state index contributed by atoms with van der Waals surface area (Å²) < 4.78 is 37.3. The molecule has 1 N–H and O–H groups in total. The molecule has 0 aromatic rings. The zero-order valence-electron chi connectivity index (χ0n) is 29.6. The molecule has 5 saturated carbocycles. The molecule has 266 valence electrons. The summed E-state index contributed by atoms with van der Waals surface area (Å²) in [6.07, 6.45) is 1.02. The number of aliphatic hydroxyl groups excluding tert-OH is 1. The second kappa shape index (κ2) is 9.96. The summed E-state index contributed by atoms with van der Waals surface area (Å²) in [6.45, 7) is 16.7. The van der Waals surface area contributed by atoms with E-state index in [1.807, 2.05) is 20.8 Å². The molecule has 8 rings (SSSR count).